The van der Waals surface area contributed by atoms with Gasteiger partial charge in [-0.2, -0.15) is 0 Å². The molecule has 0 spiro atoms. The molecule has 0 aliphatic heterocycles. The molecule has 1 unspecified atom stereocenters. The summed E-state index contributed by atoms with van der Waals surface area (Å²) in [6, 6.07) is 3.52. The normalized spacial score (nSPS) is 11.9. The van der Waals surface area contributed by atoms with Crippen LogP contribution in [0.1, 0.15) is 18.4 Å². The third-order valence-electron chi connectivity index (χ3n) is 2.03. The summed E-state index contributed by atoms with van der Waals surface area (Å²) >= 11 is 0. The van der Waals surface area contributed by atoms with Crippen molar-refractivity contribution in [3.05, 3.63) is 30.1 Å². The summed E-state index contributed by atoms with van der Waals surface area (Å²) in [5.41, 5.74) is 0.751. The highest BCUT2D eigenvalue weighted by Gasteiger charge is 2.21. The van der Waals surface area contributed by atoms with E-state index in [0.717, 1.165) is 5.56 Å². The first-order chi connectivity index (χ1) is 6.66. The summed E-state index contributed by atoms with van der Waals surface area (Å²) in [4.78, 5) is 26.4. The van der Waals surface area contributed by atoms with Crippen LogP contribution < -0.4 is 5.32 Å². The molecule has 0 fully saturated rings. The number of hydrogen-bond acceptors (Lipinski definition) is 3. The molecular weight excluding hydrogens is 180 g/mol. The molecule has 1 heterocycles. The lowest BCUT2D eigenvalue weighted by atomic mass is 9.98. The van der Waals surface area contributed by atoms with Crippen molar-refractivity contribution in [2.75, 3.05) is 7.05 Å². The summed E-state index contributed by atoms with van der Waals surface area (Å²) in [5.74, 6) is -1.45. The number of ketones is 1. The van der Waals surface area contributed by atoms with E-state index < -0.39 is 17.6 Å². The quantitative estimate of drug-likeness (QED) is 0.709. The molecular formula is C10H12N2O2. The van der Waals surface area contributed by atoms with Gasteiger partial charge in [0, 0.05) is 19.4 Å². The van der Waals surface area contributed by atoms with Crippen molar-refractivity contribution >= 4 is 11.7 Å². The maximum absolute atomic E-state index is 11.4. The number of carbonyl (C=O) groups is 2. The highest BCUT2D eigenvalue weighted by Crippen LogP contribution is 2.14. The molecule has 4 heteroatoms. The van der Waals surface area contributed by atoms with E-state index in [0.29, 0.717) is 0 Å². The van der Waals surface area contributed by atoms with Crippen LogP contribution in [0.5, 0.6) is 0 Å². The molecule has 0 saturated heterocycles. The minimum atomic E-state index is -0.568. The Morgan fingerprint density at radius 2 is 2.21 bits per heavy atom. The molecule has 0 aromatic carbocycles. The van der Waals surface area contributed by atoms with Crippen molar-refractivity contribution in [2.45, 2.75) is 12.8 Å². The summed E-state index contributed by atoms with van der Waals surface area (Å²) in [5, 5.41) is 2.31. The minimum absolute atomic E-state index is 0.441. The van der Waals surface area contributed by atoms with E-state index in [1.165, 1.54) is 7.05 Å². The van der Waals surface area contributed by atoms with E-state index in [-0.39, 0.29) is 0 Å². The van der Waals surface area contributed by atoms with Crippen molar-refractivity contribution < 1.29 is 9.59 Å². The average molecular weight is 192 g/mol. The number of likely N-dealkylation sites (N-methyl/N-ethyl adjacent to an activating group) is 1. The molecule has 1 N–H and O–H groups in total. The van der Waals surface area contributed by atoms with Crippen molar-refractivity contribution in [3.8, 4) is 0 Å². The van der Waals surface area contributed by atoms with Crippen LogP contribution >= 0.6 is 0 Å². The first kappa shape index (κ1) is 10.4. The van der Waals surface area contributed by atoms with Gasteiger partial charge in [-0.15, -0.1) is 0 Å². The van der Waals surface area contributed by atoms with E-state index in [1.54, 1.807) is 31.5 Å². The Hall–Kier alpha value is -1.71. The third kappa shape index (κ3) is 2.16. The molecule has 0 radical (unpaired) electrons. The predicted molar refractivity (Wildman–Crippen MR) is 51.7 cm³/mol. The minimum Gasteiger partial charge on any atom is -0.353 e. The van der Waals surface area contributed by atoms with Gasteiger partial charge in [0.15, 0.2) is 0 Å². The topological polar surface area (TPSA) is 59.1 Å². The van der Waals surface area contributed by atoms with Gasteiger partial charge >= 0.3 is 0 Å². The fourth-order valence-corrected chi connectivity index (χ4v) is 1.10. The number of carbonyl (C=O) groups excluding carboxylic acids is 2. The largest absolute Gasteiger partial charge is 0.353 e. The zero-order chi connectivity index (χ0) is 10.6. The van der Waals surface area contributed by atoms with Crippen molar-refractivity contribution in [3.63, 3.8) is 0 Å². The SMILES string of the molecule is CNC(=O)C(=O)C(C)c1cccnc1. The van der Waals surface area contributed by atoms with Crippen LogP contribution in [0.15, 0.2) is 24.5 Å². The molecule has 1 aromatic heterocycles. The fourth-order valence-electron chi connectivity index (χ4n) is 1.10. The summed E-state index contributed by atoms with van der Waals surface area (Å²) < 4.78 is 0. The Morgan fingerprint density at radius 3 is 2.71 bits per heavy atom. The Morgan fingerprint density at radius 1 is 1.50 bits per heavy atom. The van der Waals surface area contributed by atoms with E-state index in [1.807, 2.05) is 0 Å². The number of rotatable bonds is 3. The molecule has 1 amide bonds. The lowest BCUT2D eigenvalue weighted by Crippen LogP contribution is -2.30. The number of pyridine rings is 1. The average Bonchev–Trinajstić information content (AvgIpc) is 2.27. The molecule has 74 valence electrons. The predicted octanol–water partition coefficient (Wildman–Crippen LogP) is 0.500. The zero-order valence-electron chi connectivity index (χ0n) is 8.15. The molecule has 0 bridgehead atoms. The van der Waals surface area contributed by atoms with Crippen LogP contribution in [0.4, 0.5) is 0 Å². The maximum atomic E-state index is 11.4. The highest BCUT2D eigenvalue weighted by atomic mass is 16.2. The van der Waals surface area contributed by atoms with Crippen LogP contribution in [0.3, 0.4) is 0 Å². The Kier molecular flexibility index (Phi) is 3.34. The number of nitrogens with zero attached hydrogens (tertiary/aromatic N) is 1. The van der Waals surface area contributed by atoms with Gasteiger partial charge < -0.3 is 5.32 Å². The van der Waals surface area contributed by atoms with E-state index in [4.69, 9.17) is 0 Å². The van der Waals surface area contributed by atoms with Crippen LogP contribution in [0.2, 0.25) is 0 Å². The summed E-state index contributed by atoms with van der Waals surface area (Å²) in [6.07, 6.45) is 3.21. The van der Waals surface area contributed by atoms with Gasteiger partial charge in [0.25, 0.3) is 5.91 Å². The Labute approximate surface area is 82.3 Å². The number of amides is 1. The second-order valence-electron chi connectivity index (χ2n) is 2.95. The third-order valence-corrected chi connectivity index (χ3v) is 2.03. The van der Waals surface area contributed by atoms with Gasteiger partial charge in [-0.25, -0.2) is 0 Å². The van der Waals surface area contributed by atoms with E-state index >= 15 is 0 Å². The summed E-state index contributed by atoms with van der Waals surface area (Å²) in [7, 11) is 1.44. The van der Waals surface area contributed by atoms with Crippen LogP contribution in [0.25, 0.3) is 0 Å². The molecule has 0 aliphatic rings. The molecule has 4 nitrogen and oxygen atoms in total. The Bertz CT molecular complexity index is 335. The second kappa shape index (κ2) is 4.50. The summed E-state index contributed by atoms with van der Waals surface area (Å²) in [6.45, 7) is 1.69. The van der Waals surface area contributed by atoms with Gasteiger partial charge in [0.1, 0.15) is 0 Å². The first-order valence-electron chi connectivity index (χ1n) is 4.32. The van der Waals surface area contributed by atoms with Gasteiger partial charge in [-0.1, -0.05) is 13.0 Å². The number of aromatic nitrogens is 1. The van der Waals surface area contributed by atoms with Gasteiger partial charge in [0.2, 0.25) is 5.78 Å². The lowest BCUT2D eigenvalue weighted by Gasteiger charge is -2.08. The standard InChI is InChI=1S/C10H12N2O2/c1-7(9(13)10(14)11-2)8-4-3-5-12-6-8/h3-7H,1-2H3,(H,11,14). The van der Waals surface area contributed by atoms with Crippen molar-refractivity contribution in [2.24, 2.45) is 0 Å². The number of nitrogens with one attached hydrogen (secondary N) is 1. The number of Topliss-reactive ketones (excluding diaryl/α,β-unsaturated/α-hetero) is 1. The molecule has 1 atom stereocenters. The molecule has 0 aliphatic carbocycles. The van der Waals surface area contributed by atoms with Crippen LogP contribution in [-0.4, -0.2) is 23.7 Å². The van der Waals surface area contributed by atoms with Gasteiger partial charge in [0.05, 0.1) is 5.92 Å². The van der Waals surface area contributed by atoms with Crippen LogP contribution in [-0.2, 0) is 9.59 Å². The fraction of sp³-hybridized carbons (Fsp3) is 0.300. The molecule has 1 rings (SSSR count). The Balaban J connectivity index is 2.81. The zero-order valence-corrected chi connectivity index (χ0v) is 8.15. The maximum Gasteiger partial charge on any atom is 0.287 e. The second-order valence-corrected chi connectivity index (χ2v) is 2.95. The lowest BCUT2D eigenvalue weighted by molar-refractivity contribution is -0.138. The highest BCUT2D eigenvalue weighted by molar-refractivity contribution is 6.38. The van der Waals surface area contributed by atoms with E-state index in [2.05, 4.69) is 10.3 Å². The van der Waals surface area contributed by atoms with Crippen LogP contribution in [0, 0.1) is 0 Å². The number of hydrogen-bond donors (Lipinski definition) is 1. The first-order valence-corrected chi connectivity index (χ1v) is 4.32. The smallest absolute Gasteiger partial charge is 0.287 e. The van der Waals surface area contributed by atoms with Crippen molar-refractivity contribution in [1.29, 1.82) is 0 Å². The molecule has 1 aromatic rings. The molecule has 14 heavy (non-hydrogen) atoms. The van der Waals surface area contributed by atoms with Gasteiger partial charge in [-0.3, -0.25) is 14.6 Å². The van der Waals surface area contributed by atoms with Crippen molar-refractivity contribution in [1.82, 2.24) is 10.3 Å². The van der Waals surface area contributed by atoms with E-state index in [9.17, 15) is 9.59 Å². The monoisotopic (exact) mass is 192 g/mol. The molecule has 0 saturated carbocycles. The van der Waals surface area contributed by atoms with Gasteiger partial charge in [-0.05, 0) is 11.6 Å².